The number of nitrogens with zero attached hydrogens (tertiary/aromatic N) is 1. The first kappa shape index (κ1) is 12.3. The predicted molar refractivity (Wildman–Crippen MR) is 70.2 cm³/mol. The first-order valence-corrected chi connectivity index (χ1v) is 6.71. The molecule has 3 rings (SSSR count). The molecule has 5 nitrogen and oxygen atoms in total. The monoisotopic (exact) mass is 262 g/mol. The van der Waals surface area contributed by atoms with Gasteiger partial charge in [0.05, 0.1) is 5.56 Å². The van der Waals surface area contributed by atoms with Crippen molar-refractivity contribution in [2.45, 2.75) is 31.3 Å². The van der Waals surface area contributed by atoms with Crippen molar-refractivity contribution in [2.75, 3.05) is 13.1 Å². The lowest BCUT2D eigenvalue weighted by molar-refractivity contribution is 0.0745. The number of amides is 1. The third-order valence-electron chi connectivity index (χ3n) is 4.02. The number of likely N-dealkylation sites (tertiary alicyclic amines) is 1. The average Bonchev–Trinajstić information content (AvgIpc) is 2.68. The molecule has 2 aliphatic heterocycles. The molecule has 2 unspecified atom stereocenters. The van der Waals surface area contributed by atoms with Crippen molar-refractivity contribution in [3.63, 3.8) is 0 Å². The van der Waals surface area contributed by atoms with Gasteiger partial charge in [-0.15, -0.1) is 0 Å². The van der Waals surface area contributed by atoms with Crippen molar-refractivity contribution in [1.82, 2.24) is 10.2 Å². The molecule has 2 heterocycles. The van der Waals surface area contributed by atoms with Gasteiger partial charge in [0.1, 0.15) is 11.5 Å². The molecule has 2 bridgehead atoms. The van der Waals surface area contributed by atoms with Gasteiger partial charge >= 0.3 is 0 Å². The van der Waals surface area contributed by atoms with E-state index < -0.39 is 0 Å². The molecule has 0 aliphatic carbocycles. The van der Waals surface area contributed by atoms with E-state index in [2.05, 4.69) is 5.32 Å². The van der Waals surface area contributed by atoms with Crippen LogP contribution in [0.15, 0.2) is 18.2 Å². The Morgan fingerprint density at radius 2 is 2.00 bits per heavy atom. The number of carbonyl (C=O) groups is 1. The zero-order valence-corrected chi connectivity index (χ0v) is 10.7. The smallest absolute Gasteiger partial charge is 0.257 e. The van der Waals surface area contributed by atoms with E-state index in [1.807, 2.05) is 0 Å². The van der Waals surface area contributed by atoms with Crippen molar-refractivity contribution in [2.24, 2.45) is 0 Å². The molecular weight excluding hydrogens is 244 g/mol. The summed E-state index contributed by atoms with van der Waals surface area (Å²) in [5, 5.41) is 22.6. The van der Waals surface area contributed by atoms with Crippen LogP contribution in [0.25, 0.3) is 0 Å². The number of hydrogen-bond acceptors (Lipinski definition) is 4. The quantitative estimate of drug-likeness (QED) is 0.707. The van der Waals surface area contributed by atoms with E-state index in [9.17, 15) is 15.0 Å². The molecule has 0 spiro atoms. The van der Waals surface area contributed by atoms with Gasteiger partial charge in [0.25, 0.3) is 5.91 Å². The Morgan fingerprint density at radius 1 is 1.21 bits per heavy atom. The minimum atomic E-state index is -0.160. The number of rotatable bonds is 1. The van der Waals surface area contributed by atoms with Crippen LogP contribution in [0.5, 0.6) is 11.5 Å². The lowest BCUT2D eigenvalue weighted by Crippen LogP contribution is -2.39. The maximum atomic E-state index is 12.4. The van der Waals surface area contributed by atoms with E-state index in [0.717, 1.165) is 12.8 Å². The number of aromatic hydroxyl groups is 2. The van der Waals surface area contributed by atoms with Crippen LogP contribution in [-0.2, 0) is 0 Å². The summed E-state index contributed by atoms with van der Waals surface area (Å²) in [6, 6.07) is 5.00. The number of phenols is 2. The highest BCUT2D eigenvalue weighted by Crippen LogP contribution is 2.26. The Kier molecular flexibility index (Phi) is 3.06. The SMILES string of the molecule is O=C(c1ccc(O)cc1O)N1CCC2CCC(C1)N2. The van der Waals surface area contributed by atoms with Gasteiger partial charge in [0, 0.05) is 31.2 Å². The fourth-order valence-corrected chi connectivity index (χ4v) is 3.00. The van der Waals surface area contributed by atoms with Crippen LogP contribution in [0, 0.1) is 0 Å². The van der Waals surface area contributed by atoms with Gasteiger partial charge < -0.3 is 20.4 Å². The zero-order chi connectivity index (χ0) is 13.4. The highest BCUT2D eigenvalue weighted by molar-refractivity contribution is 5.97. The van der Waals surface area contributed by atoms with E-state index >= 15 is 0 Å². The molecule has 2 atom stereocenters. The standard InChI is InChI=1S/C14H18N2O3/c17-11-3-4-12(13(18)7-11)14(19)16-6-5-9-1-2-10(8-16)15-9/h3-4,7,9-10,15,17-18H,1-2,5-6,8H2. The molecule has 19 heavy (non-hydrogen) atoms. The molecule has 2 aliphatic rings. The minimum Gasteiger partial charge on any atom is -0.508 e. The Hall–Kier alpha value is -1.75. The van der Waals surface area contributed by atoms with Crippen LogP contribution in [0.2, 0.25) is 0 Å². The summed E-state index contributed by atoms with van der Waals surface area (Å²) in [5.41, 5.74) is 0.260. The topological polar surface area (TPSA) is 72.8 Å². The molecule has 0 saturated carbocycles. The Morgan fingerprint density at radius 3 is 2.79 bits per heavy atom. The first-order chi connectivity index (χ1) is 9.13. The van der Waals surface area contributed by atoms with E-state index in [0.29, 0.717) is 25.2 Å². The molecular formula is C14H18N2O3. The fourth-order valence-electron chi connectivity index (χ4n) is 3.00. The summed E-state index contributed by atoms with van der Waals surface area (Å²) in [6.07, 6.45) is 3.26. The maximum absolute atomic E-state index is 12.4. The van der Waals surface area contributed by atoms with Crippen LogP contribution < -0.4 is 5.32 Å². The van der Waals surface area contributed by atoms with Gasteiger partial charge in [-0.2, -0.15) is 0 Å². The Balaban J connectivity index is 1.79. The minimum absolute atomic E-state index is 0.0364. The molecule has 5 heteroatoms. The molecule has 2 fully saturated rings. The van der Waals surface area contributed by atoms with Gasteiger partial charge in [-0.05, 0) is 31.4 Å². The highest BCUT2D eigenvalue weighted by atomic mass is 16.3. The maximum Gasteiger partial charge on any atom is 0.257 e. The average molecular weight is 262 g/mol. The molecule has 1 aromatic rings. The van der Waals surface area contributed by atoms with E-state index in [-0.39, 0.29) is 23.0 Å². The third kappa shape index (κ3) is 2.38. The van der Waals surface area contributed by atoms with Crippen LogP contribution in [0.4, 0.5) is 0 Å². The molecule has 2 saturated heterocycles. The van der Waals surface area contributed by atoms with E-state index in [1.54, 1.807) is 4.90 Å². The first-order valence-electron chi connectivity index (χ1n) is 6.71. The summed E-state index contributed by atoms with van der Waals surface area (Å²) in [6.45, 7) is 1.41. The van der Waals surface area contributed by atoms with E-state index in [1.165, 1.54) is 24.6 Å². The van der Waals surface area contributed by atoms with Crippen molar-refractivity contribution in [3.8, 4) is 11.5 Å². The fraction of sp³-hybridized carbons (Fsp3) is 0.500. The number of nitrogens with one attached hydrogen (secondary N) is 1. The lowest BCUT2D eigenvalue weighted by Gasteiger charge is -2.24. The molecule has 3 N–H and O–H groups in total. The molecule has 1 amide bonds. The normalized spacial score (nSPS) is 26.2. The second-order valence-corrected chi connectivity index (χ2v) is 5.38. The van der Waals surface area contributed by atoms with Gasteiger partial charge in [0.15, 0.2) is 0 Å². The van der Waals surface area contributed by atoms with Gasteiger partial charge in [-0.25, -0.2) is 0 Å². The zero-order valence-electron chi connectivity index (χ0n) is 10.7. The summed E-state index contributed by atoms with van der Waals surface area (Å²) in [7, 11) is 0. The van der Waals surface area contributed by atoms with Gasteiger partial charge in [0.2, 0.25) is 0 Å². The number of hydrogen-bond donors (Lipinski definition) is 3. The number of carbonyl (C=O) groups excluding carboxylic acids is 1. The Labute approximate surface area is 111 Å². The highest BCUT2D eigenvalue weighted by Gasteiger charge is 2.32. The molecule has 102 valence electrons. The van der Waals surface area contributed by atoms with Crippen molar-refractivity contribution < 1.29 is 15.0 Å². The lowest BCUT2D eigenvalue weighted by atomic mass is 10.1. The van der Waals surface area contributed by atoms with Crippen molar-refractivity contribution in [1.29, 1.82) is 0 Å². The summed E-state index contributed by atoms with van der Waals surface area (Å²) in [4.78, 5) is 14.2. The summed E-state index contributed by atoms with van der Waals surface area (Å²) < 4.78 is 0. The largest absolute Gasteiger partial charge is 0.508 e. The second-order valence-electron chi connectivity index (χ2n) is 5.38. The molecule has 1 aromatic carbocycles. The van der Waals surface area contributed by atoms with Gasteiger partial charge in [-0.3, -0.25) is 4.79 Å². The number of benzene rings is 1. The van der Waals surface area contributed by atoms with Crippen LogP contribution in [-0.4, -0.2) is 46.2 Å². The van der Waals surface area contributed by atoms with Crippen molar-refractivity contribution in [3.05, 3.63) is 23.8 Å². The second kappa shape index (κ2) is 4.74. The molecule has 0 radical (unpaired) electrons. The Bertz CT molecular complexity index is 503. The summed E-state index contributed by atoms with van der Waals surface area (Å²) >= 11 is 0. The molecule has 0 aromatic heterocycles. The van der Waals surface area contributed by atoms with Crippen LogP contribution >= 0.6 is 0 Å². The number of phenolic OH excluding ortho intramolecular Hbond substituents is 2. The third-order valence-corrected chi connectivity index (χ3v) is 4.02. The van der Waals surface area contributed by atoms with Crippen LogP contribution in [0.3, 0.4) is 0 Å². The number of fused-ring (bicyclic) bond motifs is 2. The van der Waals surface area contributed by atoms with Crippen molar-refractivity contribution >= 4 is 5.91 Å². The summed E-state index contributed by atoms with van der Waals surface area (Å²) in [5.74, 6) is -0.357. The van der Waals surface area contributed by atoms with Gasteiger partial charge in [-0.1, -0.05) is 0 Å². The van der Waals surface area contributed by atoms with Crippen LogP contribution in [0.1, 0.15) is 29.6 Å². The predicted octanol–water partition coefficient (Wildman–Crippen LogP) is 1.06. The van der Waals surface area contributed by atoms with E-state index in [4.69, 9.17) is 0 Å².